The first kappa shape index (κ1) is 13.0. The van der Waals surface area contributed by atoms with Crippen molar-refractivity contribution in [3.05, 3.63) is 28.8 Å². The summed E-state index contributed by atoms with van der Waals surface area (Å²) < 4.78 is 4.83. The maximum atomic E-state index is 11.4. The van der Waals surface area contributed by atoms with Gasteiger partial charge in [-0.3, -0.25) is 4.79 Å². The number of carbonyl (C=O) groups is 1. The molecule has 17 heavy (non-hydrogen) atoms. The maximum Gasteiger partial charge on any atom is 0.310 e. The van der Waals surface area contributed by atoms with Gasteiger partial charge in [0, 0.05) is 0 Å². The standard InChI is InChI=1S/C13H15NO3/c1-3-9-5-11(15)6-10(12(9)8-14)7-13(16)17-4-2/h5-6,15H,3-4,7H2,1-2H3. The summed E-state index contributed by atoms with van der Waals surface area (Å²) in [6, 6.07) is 5.06. The highest BCUT2D eigenvalue weighted by Gasteiger charge is 2.13. The highest BCUT2D eigenvalue weighted by atomic mass is 16.5. The lowest BCUT2D eigenvalue weighted by Crippen LogP contribution is -2.09. The van der Waals surface area contributed by atoms with Gasteiger partial charge < -0.3 is 9.84 Å². The normalized spacial score (nSPS) is 9.71. The van der Waals surface area contributed by atoms with Gasteiger partial charge in [0.2, 0.25) is 0 Å². The summed E-state index contributed by atoms with van der Waals surface area (Å²) in [6.45, 7) is 3.92. The zero-order valence-corrected chi connectivity index (χ0v) is 9.99. The zero-order valence-electron chi connectivity index (χ0n) is 9.99. The van der Waals surface area contributed by atoms with Gasteiger partial charge in [0.25, 0.3) is 0 Å². The van der Waals surface area contributed by atoms with E-state index in [0.717, 1.165) is 5.56 Å². The Bertz CT molecular complexity index is 460. The van der Waals surface area contributed by atoms with E-state index < -0.39 is 5.97 Å². The molecule has 0 aromatic heterocycles. The molecule has 1 rings (SSSR count). The van der Waals surface area contributed by atoms with E-state index in [9.17, 15) is 9.90 Å². The number of hydrogen-bond donors (Lipinski definition) is 1. The van der Waals surface area contributed by atoms with Crippen LogP contribution >= 0.6 is 0 Å². The Labute approximate surface area is 100 Å². The third-order valence-corrected chi connectivity index (χ3v) is 2.42. The second kappa shape index (κ2) is 5.90. The van der Waals surface area contributed by atoms with Crippen molar-refractivity contribution >= 4 is 5.97 Å². The van der Waals surface area contributed by atoms with Crippen LogP contribution in [0.1, 0.15) is 30.5 Å². The number of carbonyl (C=O) groups excluding carboxylic acids is 1. The lowest BCUT2D eigenvalue weighted by molar-refractivity contribution is -0.142. The van der Waals surface area contributed by atoms with Gasteiger partial charge in [-0.2, -0.15) is 5.26 Å². The Kier molecular flexibility index (Phi) is 4.53. The molecule has 0 aliphatic carbocycles. The summed E-state index contributed by atoms with van der Waals surface area (Å²) in [7, 11) is 0. The first-order chi connectivity index (χ1) is 8.12. The molecule has 0 saturated carbocycles. The van der Waals surface area contributed by atoms with Crippen LogP contribution < -0.4 is 0 Å². The minimum absolute atomic E-state index is 0.0120. The monoisotopic (exact) mass is 233 g/mol. The number of rotatable bonds is 4. The molecule has 0 saturated heterocycles. The van der Waals surface area contributed by atoms with Crippen molar-refractivity contribution in [2.24, 2.45) is 0 Å². The van der Waals surface area contributed by atoms with Gasteiger partial charge in [0.1, 0.15) is 5.75 Å². The summed E-state index contributed by atoms with van der Waals surface area (Å²) in [5.41, 5.74) is 1.72. The zero-order chi connectivity index (χ0) is 12.8. The Morgan fingerprint density at radius 3 is 2.59 bits per heavy atom. The number of phenols is 1. The number of nitriles is 1. The van der Waals surface area contributed by atoms with Gasteiger partial charge >= 0.3 is 5.97 Å². The van der Waals surface area contributed by atoms with Crippen molar-refractivity contribution in [2.45, 2.75) is 26.7 Å². The number of phenolic OH excluding ortho intramolecular Hbond substituents is 1. The number of aryl methyl sites for hydroxylation is 1. The molecule has 0 aliphatic rings. The molecule has 0 fully saturated rings. The quantitative estimate of drug-likeness (QED) is 0.807. The van der Waals surface area contributed by atoms with E-state index >= 15 is 0 Å². The van der Waals surface area contributed by atoms with Crippen molar-refractivity contribution in [1.29, 1.82) is 5.26 Å². The number of hydrogen-bond acceptors (Lipinski definition) is 4. The topological polar surface area (TPSA) is 70.3 Å². The highest BCUT2D eigenvalue weighted by molar-refractivity contribution is 5.74. The van der Waals surface area contributed by atoms with Crippen LogP contribution in [-0.4, -0.2) is 17.7 Å². The molecule has 90 valence electrons. The van der Waals surface area contributed by atoms with Crippen LogP contribution in [0.15, 0.2) is 12.1 Å². The molecular weight excluding hydrogens is 218 g/mol. The number of benzene rings is 1. The molecule has 1 aromatic carbocycles. The lowest BCUT2D eigenvalue weighted by Gasteiger charge is -2.09. The summed E-state index contributed by atoms with van der Waals surface area (Å²) in [5, 5.41) is 18.6. The van der Waals surface area contributed by atoms with Crippen LogP contribution in [0.3, 0.4) is 0 Å². The SMILES string of the molecule is CCOC(=O)Cc1cc(O)cc(CC)c1C#N. The van der Waals surface area contributed by atoms with Crippen molar-refractivity contribution in [3.63, 3.8) is 0 Å². The van der Waals surface area contributed by atoms with Crippen molar-refractivity contribution < 1.29 is 14.6 Å². The van der Waals surface area contributed by atoms with E-state index in [0.29, 0.717) is 24.2 Å². The fourth-order valence-electron chi connectivity index (χ4n) is 1.68. The molecule has 0 heterocycles. The van der Waals surface area contributed by atoms with E-state index in [2.05, 4.69) is 6.07 Å². The molecule has 1 aromatic rings. The van der Waals surface area contributed by atoms with Crippen molar-refractivity contribution in [2.75, 3.05) is 6.61 Å². The molecule has 0 atom stereocenters. The summed E-state index contributed by atoms with van der Waals surface area (Å²) in [6.07, 6.45) is 0.644. The summed E-state index contributed by atoms with van der Waals surface area (Å²) in [4.78, 5) is 11.4. The van der Waals surface area contributed by atoms with Gasteiger partial charge in [0.15, 0.2) is 0 Å². The molecule has 4 heteroatoms. The minimum atomic E-state index is -0.392. The number of ether oxygens (including phenoxy) is 1. The summed E-state index contributed by atoms with van der Waals surface area (Å²) in [5.74, 6) is -0.322. The van der Waals surface area contributed by atoms with E-state index in [1.165, 1.54) is 6.07 Å². The Morgan fingerprint density at radius 1 is 1.41 bits per heavy atom. The van der Waals surface area contributed by atoms with Gasteiger partial charge in [-0.25, -0.2) is 0 Å². The van der Waals surface area contributed by atoms with Crippen LogP contribution in [-0.2, 0) is 22.4 Å². The fourth-order valence-corrected chi connectivity index (χ4v) is 1.68. The van der Waals surface area contributed by atoms with Gasteiger partial charge in [-0.15, -0.1) is 0 Å². The molecule has 0 aliphatic heterocycles. The van der Waals surface area contributed by atoms with Crippen LogP contribution in [0.25, 0.3) is 0 Å². The second-order valence-electron chi connectivity index (χ2n) is 3.59. The molecule has 0 amide bonds. The predicted molar refractivity (Wildman–Crippen MR) is 62.5 cm³/mol. The lowest BCUT2D eigenvalue weighted by atomic mass is 9.97. The third kappa shape index (κ3) is 3.22. The minimum Gasteiger partial charge on any atom is -0.508 e. The third-order valence-electron chi connectivity index (χ3n) is 2.42. The molecule has 0 radical (unpaired) electrons. The van der Waals surface area contributed by atoms with Crippen LogP contribution in [0.5, 0.6) is 5.75 Å². The van der Waals surface area contributed by atoms with Gasteiger partial charge in [0.05, 0.1) is 24.7 Å². The highest BCUT2D eigenvalue weighted by Crippen LogP contribution is 2.22. The van der Waals surface area contributed by atoms with Crippen LogP contribution in [0.4, 0.5) is 0 Å². The predicted octanol–water partition coefficient (Wildman–Crippen LogP) is 1.93. The Balaban J connectivity index is 3.10. The second-order valence-corrected chi connectivity index (χ2v) is 3.59. The summed E-state index contributed by atoms with van der Waals surface area (Å²) >= 11 is 0. The smallest absolute Gasteiger partial charge is 0.310 e. The van der Waals surface area contributed by atoms with Crippen molar-refractivity contribution in [1.82, 2.24) is 0 Å². The molecule has 0 bridgehead atoms. The molecular formula is C13H15NO3. The molecule has 0 unspecified atom stereocenters. The van der Waals surface area contributed by atoms with Crippen LogP contribution in [0, 0.1) is 11.3 Å². The first-order valence-electron chi connectivity index (χ1n) is 5.52. The Hall–Kier alpha value is -2.02. The Morgan fingerprint density at radius 2 is 2.06 bits per heavy atom. The number of aromatic hydroxyl groups is 1. The van der Waals surface area contributed by atoms with Gasteiger partial charge in [-0.1, -0.05) is 6.92 Å². The maximum absolute atomic E-state index is 11.4. The fraction of sp³-hybridized carbons (Fsp3) is 0.385. The van der Waals surface area contributed by atoms with E-state index in [4.69, 9.17) is 10.00 Å². The average molecular weight is 233 g/mol. The molecule has 1 N–H and O–H groups in total. The molecule has 4 nitrogen and oxygen atoms in total. The van der Waals surface area contributed by atoms with Crippen LogP contribution in [0.2, 0.25) is 0 Å². The first-order valence-corrected chi connectivity index (χ1v) is 5.52. The van der Waals surface area contributed by atoms with E-state index in [1.807, 2.05) is 6.92 Å². The van der Waals surface area contributed by atoms with Gasteiger partial charge in [-0.05, 0) is 36.6 Å². The number of esters is 1. The largest absolute Gasteiger partial charge is 0.508 e. The van der Waals surface area contributed by atoms with Crippen molar-refractivity contribution in [3.8, 4) is 11.8 Å². The molecule has 0 spiro atoms. The van der Waals surface area contributed by atoms with E-state index in [-0.39, 0.29) is 12.2 Å². The number of nitrogens with zero attached hydrogens (tertiary/aromatic N) is 1. The average Bonchev–Trinajstić information content (AvgIpc) is 2.28. The van der Waals surface area contributed by atoms with E-state index in [1.54, 1.807) is 13.0 Å².